The van der Waals surface area contributed by atoms with Crippen LogP contribution in [0.3, 0.4) is 0 Å². The number of aromatic nitrogens is 2. The van der Waals surface area contributed by atoms with Crippen LogP contribution >= 0.6 is 11.6 Å². The molecular weight excluding hydrogens is 264 g/mol. The average Bonchev–Trinajstić information content (AvgIpc) is 2.42. The van der Waals surface area contributed by atoms with Crippen molar-refractivity contribution in [2.24, 2.45) is 0 Å². The Kier molecular flexibility index (Phi) is 2.72. The molecule has 0 spiro atoms. The molecule has 5 heteroatoms. The second-order valence-corrected chi connectivity index (χ2v) is 4.47. The molecule has 1 aromatic heterocycles. The number of hydrogen-bond acceptors (Lipinski definition) is 3. The predicted octanol–water partition coefficient (Wildman–Crippen LogP) is 2.95. The summed E-state index contributed by atoms with van der Waals surface area (Å²) < 4.78 is 0. The van der Waals surface area contributed by atoms with Gasteiger partial charge in [-0.25, -0.2) is 4.98 Å². The van der Waals surface area contributed by atoms with Gasteiger partial charge in [0.25, 0.3) is 5.56 Å². The van der Waals surface area contributed by atoms with E-state index < -0.39 is 0 Å². The van der Waals surface area contributed by atoms with E-state index in [2.05, 4.69) is 9.97 Å². The smallest absolute Gasteiger partial charge is 0.259 e. The standard InChI is InChI=1S/C14H9ClN2O2/c15-10-6-3-5-9(12(10)18)13-16-11-7-2-1-4-8(11)14(19)17-13/h1-7,18H,(H,16,17,19). The zero-order chi connectivity index (χ0) is 13.4. The van der Waals surface area contributed by atoms with Crippen LogP contribution in [0.15, 0.2) is 47.3 Å². The summed E-state index contributed by atoms with van der Waals surface area (Å²) in [6, 6.07) is 11.9. The van der Waals surface area contributed by atoms with Crippen LogP contribution in [0.5, 0.6) is 5.75 Å². The second-order valence-electron chi connectivity index (χ2n) is 4.07. The van der Waals surface area contributed by atoms with Crippen molar-refractivity contribution in [1.29, 1.82) is 0 Å². The molecule has 0 saturated carbocycles. The number of para-hydroxylation sites is 2. The van der Waals surface area contributed by atoms with Gasteiger partial charge in [0.1, 0.15) is 11.6 Å². The monoisotopic (exact) mass is 272 g/mol. The maximum Gasteiger partial charge on any atom is 0.259 e. The number of hydrogen-bond donors (Lipinski definition) is 2. The van der Waals surface area contributed by atoms with Crippen molar-refractivity contribution in [1.82, 2.24) is 9.97 Å². The van der Waals surface area contributed by atoms with Gasteiger partial charge in [-0.1, -0.05) is 29.8 Å². The molecule has 0 fully saturated rings. The summed E-state index contributed by atoms with van der Waals surface area (Å²) in [6.45, 7) is 0. The van der Waals surface area contributed by atoms with Crippen molar-refractivity contribution in [3.63, 3.8) is 0 Å². The zero-order valence-electron chi connectivity index (χ0n) is 9.72. The van der Waals surface area contributed by atoms with Crippen LogP contribution in [0.1, 0.15) is 0 Å². The van der Waals surface area contributed by atoms with Crippen molar-refractivity contribution in [3.8, 4) is 17.1 Å². The first kappa shape index (κ1) is 11.7. The Morgan fingerprint density at radius 1 is 1.11 bits per heavy atom. The van der Waals surface area contributed by atoms with E-state index >= 15 is 0 Å². The largest absolute Gasteiger partial charge is 0.506 e. The van der Waals surface area contributed by atoms with Crippen LogP contribution in [-0.2, 0) is 0 Å². The molecule has 1 heterocycles. The Morgan fingerprint density at radius 3 is 2.74 bits per heavy atom. The average molecular weight is 273 g/mol. The Morgan fingerprint density at radius 2 is 1.89 bits per heavy atom. The molecule has 4 nitrogen and oxygen atoms in total. The molecule has 0 aliphatic rings. The molecule has 0 saturated heterocycles. The fourth-order valence-corrected chi connectivity index (χ4v) is 2.09. The van der Waals surface area contributed by atoms with Gasteiger partial charge in [0.2, 0.25) is 0 Å². The molecule has 0 amide bonds. The molecule has 0 bridgehead atoms. The lowest BCUT2D eigenvalue weighted by molar-refractivity contribution is 0.477. The van der Waals surface area contributed by atoms with Crippen LogP contribution in [0.25, 0.3) is 22.3 Å². The number of aromatic amines is 1. The molecule has 2 aromatic carbocycles. The summed E-state index contributed by atoms with van der Waals surface area (Å²) >= 11 is 5.85. The first-order chi connectivity index (χ1) is 9.16. The number of nitrogens with zero attached hydrogens (tertiary/aromatic N) is 1. The normalized spacial score (nSPS) is 10.8. The summed E-state index contributed by atoms with van der Waals surface area (Å²) in [4.78, 5) is 18.9. The lowest BCUT2D eigenvalue weighted by Gasteiger charge is -2.06. The van der Waals surface area contributed by atoms with Gasteiger partial charge in [-0.2, -0.15) is 0 Å². The van der Waals surface area contributed by atoms with Crippen molar-refractivity contribution in [2.75, 3.05) is 0 Å². The third-order valence-corrected chi connectivity index (χ3v) is 3.16. The summed E-state index contributed by atoms with van der Waals surface area (Å²) in [7, 11) is 0. The number of aromatic hydroxyl groups is 1. The Labute approximate surface area is 113 Å². The number of phenolic OH excluding ortho intramolecular Hbond substituents is 1. The molecule has 3 rings (SSSR count). The SMILES string of the molecule is O=c1[nH]c(-c2cccc(Cl)c2O)nc2ccccc12. The number of phenols is 1. The van der Waals surface area contributed by atoms with Gasteiger partial charge in [-0.3, -0.25) is 4.79 Å². The van der Waals surface area contributed by atoms with Gasteiger partial charge in [0, 0.05) is 0 Å². The molecule has 0 unspecified atom stereocenters. The van der Waals surface area contributed by atoms with Gasteiger partial charge in [-0.15, -0.1) is 0 Å². The number of fused-ring (bicyclic) bond motifs is 1. The Balaban J connectivity index is 2.32. The zero-order valence-corrected chi connectivity index (χ0v) is 10.5. The highest BCUT2D eigenvalue weighted by Crippen LogP contribution is 2.32. The third-order valence-electron chi connectivity index (χ3n) is 2.85. The van der Waals surface area contributed by atoms with Crippen LogP contribution in [0, 0.1) is 0 Å². The van der Waals surface area contributed by atoms with Crippen molar-refractivity contribution >= 4 is 22.5 Å². The minimum Gasteiger partial charge on any atom is -0.506 e. The molecule has 0 radical (unpaired) electrons. The quantitative estimate of drug-likeness (QED) is 0.716. The van der Waals surface area contributed by atoms with Crippen LogP contribution in [0.2, 0.25) is 5.02 Å². The number of rotatable bonds is 1. The summed E-state index contributed by atoms with van der Waals surface area (Å²) in [6.07, 6.45) is 0. The van der Waals surface area contributed by atoms with E-state index in [1.165, 1.54) is 0 Å². The fourth-order valence-electron chi connectivity index (χ4n) is 1.92. The second kappa shape index (κ2) is 4.40. The van der Waals surface area contributed by atoms with Crippen LogP contribution in [0.4, 0.5) is 0 Å². The van der Waals surface area contributed by atoms with Crippen LogP contribution in [-0.4, -0.2) is 15.1 Å². The molecule has 94 valence electrons. The van der Waals surface area contributed by atoms with E-state index in [4.69, 9.17) is 11.6 Å². The topological polar surface area (TPSA) is 66.0 Å². The molecule has 19 heavy (non-hydrogen) atoms. The Hall–Kier alpha value is -2.33. The summed E-state index contributed by atoms with van der Waals surface area (Å²) in [5, 5.41) is 10.6. The molecule has 0 atom stereocenters. The van der Waals surface area contributed by atoms with Crippen molar-refractivity contribution in [3.05, 3.63) is 57.8 Å². The Bertz CT molecular complexity index is 827. The van der Waals surface area contributed by atoms with E-state index in [0.717, 1.165) is 0 Å². The number of benzene rings is 2. The number of H-pyrrole nitrogens is 1. The van der Waals surface area contributed by atoms with Gasteiger partial charge < -0.3 is 10.1 Å². The number of nitrogens with one attached hydrogen (secondary N) is 1. The lowest BCUT2D eigenvalue weighted by Crippen LogP contribution is -2.09. The summed E-state index contributed by atoms with van der Waals surface area (Å²) in [5.41, 5.74) is 0.718. The molecule has 2 N–H and O–H groups in total. The maximum atomic E-state index is 12.0. The van der Waals surface area contributed by atoms with E-state index in [9.17, 15) is 9.90 Å². The minimum atomic E-state index is -0.250. The third kappa shape index (κ3) is 1.96. The van der Waals surface area contributed by atoms with Crippen LogP contribution < -0.4 is 5.56 Å². The van der Waals surface area contributed by atoms with Crippen molar-refractivity contribution in [2.45, 2.75) is 0 Å². The minimum absolute atomic E-state index is 0.0948. The highest BCUT2D eigenvalue weighted by atomic mass is 35.5. The number of halogens is 1. The van der Waals surface area contributed by atoms with Crippen molar-refractivity contribution < 1.29 is 5.11 Å². The van der Waals surface area contributed by atoms with Gasteiger partial charge >= 0.3 is 0 Å². The van der Waals surface area contributed by atoms with Gasteiger partial charge in [0.15, 0.2) is 0 Å². The molecular formula is C14H9ClN2O2. The predicted molar refractivity (Wildman–Crippen MR) is 74.5 cm³/mol. The molecule has 0 aliphatic carbocycles. The lowest BCUT2D eigenvalue weighted by atomic mass is 10.1. The van der Waals surface area contributed by atoms with E-state index in [1.807, 2.05) is 0 Å². The van der Waals surface area contributed by atoms with E-state index in [1.54, 1.807) is 42.5 Å². The molecule has 0 aliphatic heterocycles. The van der Waals surface area contributed by atoms with E-state index in [-0.39, 0.29) is 16.3 Å². The summed E-state index contributed by atoms with van der Waals surface area (Å²) in [5.74, 6) is 0.200. The van der Waals surface area contributed by atoms with E-state index in [0.29, 0.717) is 22.3 Å². The van der Waals surface area contributed by atoms with Gasteiger partial charge in [-0.05, 0) is 24.3 Å². The molecule has 3 aromatic rings. The first-order valence-electron chi connectivity index (χ1n) is 5.64. The highest BCUT2D eigenvalue weighted by molar-refractivity contribution is 6.32. The maximum absolute atomic E-state index is 12.0. The first-order valence-corrected chi connectivity index (χ1v) is 6.01. The fraction of sp³-hybridized carbons (Fsp3) is 0. The highest BCUT2D eigenvalue weighted by Gasteiger charge is 2.11. The van der Waals surface area contributed by atoms with Gasteiger partial charge in [0.05, 0.1) is 21.5 Å².